The number of aromatic nitrogens is 1. The highest BCUT2D eigenvalue weighted by Gasteiger charge is 2.05. The molecular weight excluding hydrogens is 205 g/mol. The minimum Gasteiger partial charge on any atom is -0.384 e. The molecule has 16 heavy (non-hydrogen) atoms. The van der Waals surface area contributed by atoms with Crippen molar-refractivity contribution in [1.82, 2.24) is 4.98 Å². The van der Waals surface area contributed by atoms with Crippen LogP contribution >= 0.6 is 0 Å². The Morgan fingerprint density at radius 1 is 1.12 bits per heavy atom. The predicted molar refractivity (Wildman–Crippen MR) is 63.1 cm³/mol. The molecule has 4 heteroatoms. The van der Waals surface area contributed by atoms with Crippen LogP contribution in [0.4, 0.5) is 21.7 Å². The maximum Gasteiger partial charge on any atom is 0.135 e. The van der Waals surface area contributed by atoms with Crippen LogP contribution in [-0.4, -0.2) is 12.0 Å². The van der Waals surface area contributed by atoms with Gasteiger partial charge in [-0.25, -0.2) is 9.37 Å². The predicted octanol–water partition coefficient (Wildman–Crippen LogP) is 2.57. The van der Waals surface area contributed by atoms with Crippen LogP contribution < -0.4 is 10.6 Å². The van der Waals surface area contributed by atoms with Gasteiger partial charge in [0, 0.05) is 12.7 Å². The summed E-state index contributed by atoms with van der Waals surface area (Å²) in [6.07, 6.45) is 0. The molecular formula is C12H12FN3. The summed E-state index contributed by atoms with van der Waals surface area (Å²) in [5.74, 6) is 0.941. The number of rotatable bonds is 2. The first kappa shape index (κ1) is 10.4. The summed E-state index contributed by atoms with van der Waals surface area (Å²) in [6.45, 7) is 0. The van der Waals surface area contributed by atoms with Crippen LogP contribution in [0.2, 0.25) is 0 Å². The van der Waals surface area contributed by atoms with Crippen molar-refractivity contribution in [3.05, 3.63) is 48.3 Å². The number of anilines is 3. The first-order chi connectivity index (χ1) is 7.66. The van der Waals surface area contributed by atoms with E-state index in [0.29, 0.717) is 5.82 Å². The molecule has 0 unspecified atom stereocenters. The van der Waals surface area contributed by atoms with Crippen molar-refractivity contribution in [2.45, 2.75) is 0 Å². The number of nitrogens with two attached hydrogens (primary N) is 1. The molecule has 0 fully saturated rings. The lowest BCUT2D eigenvalue weighted by atomic mass is 10.3. The molecule has 2 rings (SSSR count). The molecule has 0 aliphatic heterocycles. The summed E-state index contributed by atoms with van der Waals surface area (Å²) in [5, 5.41) is 0. The molecule has 3 nitrogen and oxygen atoms in total. The molecule has 0 bridgehead atoms. The number of nitrogens with zero attached hydrogens (tertiary/aromatic N) is 2. The molecule has 2 N–H and O–H groups in total. The summed E-state index contributed by atoms with van der Waals surface area (Å²) >= 11 is 0. The van der Waals surface area contributed by atoms with Gasteiger partial charge in [0.2, 0.25) is 0 Å². The largest absolute Gasteiger partial charge is 0.384 e. The molecule has 0 amide bonds. The van der Waals surface area contributed by atoms with Crippen LogP contribution in [0.25, 0.3) is 0 Å². The number of nitrogen functional groups attached to an aromatic ring is 1. The SMILES string of the molecule is CN(c1ccc(F)cc1)c1cccc(N)n1. The minimum absolute atomic E-state index is 0.252. The van der Waals surface area contributed by atoms with E-state index in [1.807, 2.05) is 24.1 Å². The zero-order valence-corrected chi connectivity index (χ0v) is 8.89. The highest BCUT2D eigenvalue weighted by atomic mass is 19.1. The Kier molecular flexibility index (Phi) is 2.72. The lowest BCUT2D eigenvalue weighted by Gasteiger charge is -2.18. The quantitative estimate of drug-likeness (QED) is 0.840. The van der Waals surface area contributed by atoms with E-state index in [2.05, 4.69) is 4.98 Å². The van der Waals surface area contributed by atoms with Gasteiger partial charge in [0.15, 0.2) is 0 Å². The van der Waals surface area contributed by atoms with Crippen LogP contribution in [-0.2, 0) is 0 Å². The van der Waals surface area contributed by atoms with Gasteiger partial charge < -0.3 is 10.6 Å². The summed E-state index contributed by atoms with van der Waals surface area (Å²) in [5.41, 5.74) is 6.46. The van der Waals surface area contributed by atoms with Gasteiger partial charge in [-0.1, -0.05) is 6.07 Å². The first-order valence-electron chi connectivity index (χ1n) is 4.88. The fraction of sp³-hybridized carbons (Fsp3) is 0.0833. The highest BCUT2D eigenvalue weighted by molar-refractivity contribution is 5.60. The summed E-state index contributed by atoms with van der Waals surface area (Å²) in [7, 11) is 1.86. The summed E-state index contributed by atoms with van der Waals surface area (Å²) in [4.78, 5) is 6.02. The molecule has 0 radical (unpaired) electrons. The van der Waals surface area contributed by atoms with Crippen LogP contribution in [0.3, 0.4) is 0 Å². The van der Waals surface area contributed by atoms with Crippen molar-refractivity contribution in [3.63, 3.8) is 0 Å². The number of hydrogen-bond acceptors (Lipinski definition) is 3. The zero-order valence-electron chi connectivity index (χ0n) is 8.89. The van der Waals surface area contributed by atoms with Gasteiger partial charge >= 0.3 is 0 Å². The second kappa shape index (κ2) is 4.18. The Balaban J connectivity index is 2.31. The maximum absolute atomic E-state index is 12.8. The fourth-order valence-corrected chi connectivity index (χ4v) is 1.42. The molecule has 0 atom stereocenters. The summed E-state index contributed by atoms with van der Waals surface area (Å²) in [6, 6.07) is 11.6. The van der Waals surface area contributed by atoms with E-state index in [9.17, 15) is 4.39 Å². The van der Waals surface area contributed by atoms with Gasteiger partial charge in [-0.05, 0) is 36.4 Å². The number of benzene rings is 1. The van der Waals surface area contributed by atoms with Gasteiger partial charge in [-0.15, -0.1) is 0 Å². The van der Waals surface area contributed by atoms with Crippen molar-refractivity contribution in [2.24, 2.45) is 0 Å². The lowest BCUT2D eigenvalue weighted by molar-refractivity contribution is 0.628. The van der Waals surface area contributed by atoms with E-state index < -0.39 is 0 Å². The second-order valence-electron chi connectivity index (χ2n) is 3.46. The van der Waals surface area contributed by atoms with E-state index in [1.54, 1.807) is 18.2 Å². The maximum atomic E-state index is 12.8. The standard InChI is InChI=1S/C12H12FN3/c1-16(10-7-5-9(13)6-8-10)12-4-2-3-11(14)15-12/h2-8H,1H3,(H2,14,15). The number of halogens is 1. The van der Waals surface area contributed by atoms with E-state index in [1.165, 1.54) is 12.1 Å². The average Bonchev–Trinajstić information content (AvgIpc) is 2.29. The van der Waals surface area contributed by atoms with Crippen LogP contribution in [0.1, 0.15) is 0 Å². The van der Waals surface area contributed by atoms with Gasteiger partial charge in [0.1, 0.15) is 17.5 Å². The van der Waals surface area contributed by atoms with Crippen LogP contribution in [0.5, 0.6) is 0 Å². The van der Waals surface area contributed by atoms with Crippen molar-refractivity contribution in [3.8, 4) is 0 Å². The third-order valence-electron chi connectivity index (χ3n) is 2.31. The average molecular weight is 217 g/mol. The van der Waals surface area contributed by atoms with E-state index in [4.69, 9.17) is 5.73 Å². The van der Waals surface area contributed by atoms with E-state index >= 15 is 0 Å². The Labute approximate surface area is 93.3 Å². The molecule has 0 saturated heterocycles. The lowest BCUT2D eigenvalue weighted by Crippen LogP contribution is -2.11. The summed E-state index contributed by atoms with van der Waals surface area (Å²) < 4.78 is 12.8. The fourth-order valence-electron chi connectivity index (χ4n) is 1.42. The highest BCUT2D eigenvalue weighted by Crippen LogP contribution is 2.22. The second-order valence-corrected chi connectivity index (χ2v) is 3.46. The van der Waals surface area contributed by atoms with Gasteiger partial charge in [0.05, 0.1) is 0 Å². The Hall–Kier alpha value is -2.10. The van der Waals surface area contributed by atoms with Crippen molar-refractivity contribution >= 4 is 17.3 Å². The number of hydrogen-bond donors (Lipinski definition) is 1. The van der Waals surface area contributed by atoms with E-state index in [0.717, 1.165) is 11.5 Å². The van der Waals surface area contributed by atoms with Crippen molar-refractivity contribution < 1.29 is 4.39 Å². The molecule has 0 spiro atoms. The minimum atomic E-state index is -0.252. The first-order valence-corrected chi connectivity index (χ1v) is 4.88. The molecule has 0 saturated carbocycles. The third-order valence-corrected chi connectivity index (χ3v) is 2.31. The van der Waals surface area contributed by atoms with Crippen molar-refractivity contribution in [2.75, 3.05) is 17.7 Å². The van der Waals surface area contributed by atoms with Gasteiger partial charge in [0.25, 0.3) is 0 Å². The Bertz CT molecular complexity index is 482. The van der Waals surface area contributed by atoms with E-state index in [-0.39, 0.29) is 5.82 Å². The normalized spacial score (nSPS) is 10.1. The van der Waals surface area contributed by atoms with Crippen LogP contribution in [0.15, 0.2) is 42.5 Å². The molecule has 1 aromatic carbocycles. The third kappa shape index (κ3) is 2.11. The molecule has 0 aliphatic carbocycles. The zero-order chi connectivity index (χ0) is 11.5. The molecule has 2 aromatic rings. The molecule has 1 heterocycles. The molecule has 1 aromatic heterocycles. The smallest absolute Gasteiger partial charge is 0.135 e. The molecule has 0 aliphatic rings. The Morgan fingerprint density at radius 2 is 1.81 bits per heavy atom. The monoisotopic (exact) mass is 217 g/mol. The Morgan fingerprint density at radius 3 is 2.44 bits per heavy atom. The topological polar surface area (TPSA) is 42.1 Å². The van der Waals surface area contributed by atoms with Crippen molar-refractivity contribution in [1.29, 1.82) is 0 Å². The van der Waals surface area contributed by atoms with Gasteiger partial charge in [-0.3, -0.25) is 0 Å². The molecule has 82 valence electrons. The number of pyridine rings is 1. The van der Waals surface area contributed by atoms with Crippen LogP contribution in [0, 0.1) is 5.82 Å². The van der Waals surface area contributed by atoms with Gasteiger partial charge in [-0.2, -0.15) is 0 Å².